The molecule has 2 amide bonds. The second kappa shape index (κ2) is 4.62. The Morgan fingerprint density at radius 3 is 2.10 bits per heavy atom. The Morgan fingerprint density at radius 1 is 1.05 bits per heavy atom. The molecule has 108 valence electrons. The van der Waals surface area contributed by atoms with Crippen LogP contribution in [0.1, 0.15) is 40.2 Å². The van der Waals surface area contributed by atoms with Crippen LogP contribution in [-0.2, 0) is 15.1 Å². The average molecular weight is 274 g/mol. The van der Waals surface area contributed by atoms with Crippen molar-refractivity contribution in [2.24, 2.45) is 0 Å². The zero-order chi connectivity index (χ0) is 15.1. The normalized spacial score (nSPS) is 25.8. The topological polar surface area (TPSA) is 49.4 Å². The van der Waals surface area contributed by atoms with Crippen molar-refractivity contribution in [2.45, 2.75) is 51.7 Å². The first kappa shape index (κ1) is 14.6. The first-order valence-electron chi connectivity index (χ1n) is 6.93. The predicted molar refractivity (Wildman–Crippen MR) is 78.0 cm³/mol. The van der Waals surface area contributed by atoms with Crippen LogP contribution in [0.4, 0.5) is 0 Å². The van der Waals surface area contributed by atoms with Gasteiger partial charge in [-0.25, -0.2) is 0 Å². The van der Waals surface area contributed by atoms with E-state index in [1.54, 1.807) is 25.7 Å². The highest BCUT2D eigenvalue weighted by Gasteiger charge is 2.53. The number of carbonyl (C=O) groups excluding carboxylic acids is 2. The fourth-order valence-electron chi connectivity index (χ4n) is 2.88. The molecule has 0 saturated carbocycles. The van der Waals surface area contributed by atoms with Gasteiger partial charge in [0.15, 0.2) is 0 Å². The molecule has 1 aliphatic rings. The Labute approximate surface area is 120 Å². The van der Waals surface area contributed by atoms with E-state index in [0.717, 1.165) is 5.56 Å². The smallest absolute Gasteiger partial charge is 0.253 e. The van der Waals surface area contributed by atoms with Crippen molar-refractivity contribution in [3.05, 3.63) is 35.9 Å². The SMILES string of the molecule is CC(C)N1C(=O)C(C)(c2ccccc2)NC(=O)C1(C)C. The number of hydrogen-bond donors (Lipinski definition) is 1. The summed E-state index contributed by atoms with van der Waals surface area (Å²) in [5.74, 6) is -0.194. The molecule has 0 aliphatic carbocycles. The molecule has 20 heavy (non-hydrogen) atoms. The van der Waals surface area contributed by atoms with Crippen molar-refractivity contribution < 1.29 is 9.59 Å². The zero-order valence-corrected chi connectivity index (χ0v) is 12.7. The molecule has 0 aromatic heterocycles. The number of amides is 2. The molecule has 2 rings (SSSR count). The van der Waals surface area contributed by atoms with Crippen molar-refractivity contribution in [2.75, 3.05) is 0 Å². The van der Waals surface area contributed by atoms with Gasteiger partial charge in [-0.1, -0.05) is 30.3 Å². The van der Waals surface area contributed by atoms with E-state index in [4.69, 9.17) is 0 Å². The van der Waals surface area contributed by atoms with Gasteiger partial charge in [0.1, 0.15) is 11.1 Å². The number of rotatable bonds is 2. The number of nitrogens with one attached hydrogen (secondary N) is 1. The van der Waals surface area contributed by atoms with Crippen molar-refractivity contribution in [1.82, 2.24) is 10.2 Å². The third-order valence-electron chi connectivity index (χ3n) is 4.04. The summed E-state index contributed by atoms with van der Waals surface area (Å²) in [5, 5.41) is 2.90. The van der Waals surface area contributed by atoms with E-state index >= 15 is 0 Å². The van der Waals surface area contributed by atoms with Crippen LogP contribution < -0.4 is 5.32 Å². The van der Waals surface area contributed by atoms with Gasteiger partial charge in [-0.3, -0.25) is 9.59 Å². The van der Waals surface area contributed by atoms with Crippen molar-refractivity contribution in [3.8, 4) is 0 Å². The molecule has 0 radical (unpaired) electrons. The molecule has 1 aromatic rings. The predicted octanol–water partition coefficient (Wildman–Crippen LogP) is 2.05. The van der Waals surface area contributed by atoms with Gasteiger partial charge >= 0.3 is 0 Å². The average Bonchev–Trinajstić information content (AvgIpc) is 2.37. The lowest BCUT2D eigenvalue weighted by Gasteiger charge is -2.50. The fraction of sp³-hybridized carbons (Fsp3) is 0.500. The third-order valence-corrected chi connectivity index (χ3v) is 4.04. The largest absolute Gasteiger partial charge is 0.336 e. The molecule has 1 aliphatic heterocycles. The second-order valence-electron chi connectivity index (χ2n) is 6.27. The second-order valence-corrected chi connectivity index (χ2v) is 6.27. The molecule has 1 unspecified atom stereocenters. The highest BCUT2D eigenvalue weighted by Crippen LogP contribution is 2.33. The summed E-state index contributed by atoms with van der Waals surface area (Å²) >= 11 is 0. The molecule has 1 atom stereocenters. The van der Waals surface area contributed by atoms with Crippen LogP contribution in [0.5, 0.6) is 0 Å². The monoisotopic (exact) mass is 274 g/mol. The molecule has 4 heteroatoms. The molecule has 1 saturated heterocycles. The molecular weight excluding hydrogens is 252 g/mol. The van der Waals surface area contributed by atoms with Gasteiger partial charge in [0, 0.05) is 6.04 Å². The molecule has 1 aromatic carbocycles. The molecule has 1 heterocycles. The summed E-state index contributed by atoms with van der Waals surface area (Å²) in [5.41, 5.74) is -1.03. The lowest BCUT2D eigenvalue weighted by atomic mass is 9.82. The number of nitrogens with zero attached hydrogens (tertiary/aromatic N) is 1. The van der Waals surface area contributed by atoms with Crippen LogP contribution in [0.25, 0.3) is 0 Å². The Kier molecular flexibility index (Phi) is 3.36. The summed E-state index contributed by atoms with van der Waals surface area (Å²) in [6.07, 6.45) is 0. The summed E-state index contributed by atoms with van der Waals surface area (Å²) in [6.45, 7) is 9.20. The summed E-state index contributed by atoms with van der Waals surface area (Å²) in [6, 6.07) is 9.35. The Balaban J connectivity index is 2.53. The first-order valence-corrected chi connectivity index (χ1v) is 6.93. The minimum atomic E-state index is -1.00. The van der Waals surface area contributed by atoms with Gasteiger partial charge in [0.25, 0.3) is 5.91 Å². The minimum Gasteiger partial charge on any atom is -0.336 e. The Morgan fingerprint density at radius 2 is 1.60 bits per heavy atom. The molecule has 1 N–H and O–H groups in total. The van der Waals surface area contributed by atoms with E-state index in [9.17, 15) is 9.59 Å². The van der Waals surface area contributed by atoms with Crippen molar-refractivity contribution in [3.63, 3.8) is 0 Å². The van der Waals surface area contributed by atoms with E-state index in [0.29, 0.717) is 0 Å². The first-order chi connectivity index (χ1) is 9.21. The summed E-state index contributed by atoms with van der Waals surface area (Å²) in [7, 11) is 0. The van der Waals surface area contributed by atoms with Crippen LogP contribution in [0, 0.1) is 0 Å². The van der Waals surface area contributed by atoms with Gasteiger partial charge in [0.05, 0.1) is 0 Å². The van der Waals surface area contributed by atoms with Crippen LogP contribution >= 0.6 is 0 Å². The highest BCUT2D eigenvalue weighted by atomic mass is 16.2. The van der Waals surface area contributed by atoms with Gasteiger partial charge in [0.2, 0.25) is 5.91 Å². The lowest BCUT2D eigenvalue weighted by Crippen LogP contribution is -2.73. The van der Waals surface area contributed by atoms with E-state index < -0.39 is 11.1 Å². The number of piperazine rings is 1. The summed E-state index contributed by atoms with van der Waals surface area (Å²) in [4.78, 5) is 27.1. The van der Waals surface area contributed by atoms with Gasteiger partial charge in [-0.05, 0) is 40.2 Å². The van der Waals surface area contributed by atoms with Crippen LogP contribution in [-0.4, -0.2) is 28.3 Å². The van der Waals surface area contributed by atoms with E-state index in [1.165, 1.54) is 0 Å². The zero-order valence-electron chi connectivity index (χ0n) is 12.7. The Hall–Kier alpha value is -1.84. The molecule has 0 spiro atoms. The van der Waals surface area contributed by atoms with Crippen molar-refractivity contribution in [1.29, 1.82) is 0 Å². The standard InChI is InChI=1S/C16H22N2O2/c1-11(2)18-14(20)16(5,12-9-7-6-8-10-12)17-13(19)15(18,3)4/h6-11H,1-5H3,(H,17,19). The van der Waals surface area contributed by atoms with E-state index in [2.05, 4.69) is 5.32 Å². The quantitative estimate of drug-likeness (QED) is 0.897. The maximum Gasteiger partial charge on any atom is 0.253 e. The molecule has 4 nitrogen and oxygen atoms in total. The maximum atomic E-state index is 13.0. The van der Waals surface area contributed by atoms with Crippen molar-refractivity contribution >= 4 is 11.8 Å². The van der Waals surface area contributed by atoms with Gasteiger partial charge < -0.3 is 10.2 Å². The number of hydrogen-bond acceptors (Lipinski definition) is 2. The minimum absolute atomic E-state index is 0.0356. The number of carbonyl (C=O) groups is 2. The van der Waals surface area contributed by atoms with Crippen LogP contribution in [0.15, 0.2) is 30.3 Å². The molecule has 1 fully saturated rings. The van der Waals surface area contributed by atoms with Gasteiger partial charge in [-0.15, -0.1) is 0 Å². The maximum absolute atomic E-state index is 13.0. The van der Waals surface area contributed by atoms with E-state index in [1.807, 2.05) is 44.2 Å². The molecule has 0 bridgehead atoms. The summed E-state index contributed by atoms with van der Waals surface area (Å²) < 4.78 is 0. The fourth-order valence-corrected chi connectivity index (χ4v) is 2.88. The number of benzene rings is 1. The third kappa shape index (κ3) is 1.99. The van der Waals surface area contributed by atoms with Crippen LogP contribution in [0.3, 0.4) is 0 Å². The van der Waals surface area contributed by atoms with Crippen LogP contribution in [0.2, 0.25) is 0 Å². The van der Waals surface area contributed by atoms with Gasteiger partial charge in [-0.2, -0.15) is 0 Å². The highest BCUT2D eigenvalue weighted by molar-refractivity contribution is 6.02. The Bertz CT molecular complexity index is 537. The lowest BCUT2D eigenvalue weighted by molar-refractivity contribution is -0.163. The van der Waals surface area contributed by atoms with E-state index in [-0.39, 0.29) is 17.9 Å². The molecular formula is C16H22N2O2.